The maximum Gasteiger partial charge on any atom is 0.133 e. The van der Waals surface area contributed by atoms with Crippen molar-refractivity contribution >= 4 is 38.6 Å². The number of halogens is 1. The molecule has 0 saturated carbocycles. The van der Waals surface area contributed by atoms with Gasteiger partial charge in [-0.25, -0.2) is 4.98 Å². The summed E-state index contributed by atoms with van der Waals surface area (Å²) in [7, 11) is 0. The van der Waals surface area contributed by atoms with Gasteiger partial charge in [-0.05, 0) is 34.5 Å². The molecule has 1 nitrogen and oxygen atoms in total. The van der Waals surface area contributed by atoms with Crippen molar-refractivity contribution in [1.29, 1.82) is 0 Å². The second-order valence-electron chi connectivity index (χ2n) is 2.60. The summed E-state index contributed by atoms with van der Waals surface area (Å²) in [5, 5.41) is 3.26. The molecule has 0 atom stereocenters. The summed E-state index contributed by atoms with van der Waals surface area (Å²) in [6, 6.07) is 4.17. The van der Waals surface area contributed by atoms with E-state index in [0.717, 1.165) is 15.2 Å². The number of aromatic nitrogens is 1. The summed E-state index contributed by atoms with van der Waals surface area (Å²) < 4.78 is 1.16. The Morgan fingerprint density at radius 3 is 2.85 bits per heavy atom. The highest BCUT2D eigenvalue weighted by atomic mass is 79.9. The van der Waals surface area contributed by atoms with Crippen LogP contribution >= 0.6 is 38.6 Å². The average Bonchev–Trinajstić information content (AvgIpc) is 2.71. The van der Waals surface area contributed by atoms with Crippen molar-refractivity contribution in [1.82, 2.24) is 4.98 Å². The van der Waals surface area contributed by atoms with Crippen molar-refractivity contribution < 1.29 is 0 Å². The van der Waals surface area contributed by atoms with Gasteiger partial charge < -0.3 is 0 Å². The van der Waals surface area contributed by atoms with Crippen LogP contribution in [0.5, 0.6) is 0 Å². The van der Waals surface area contributed by atoms with Gasteiger partial charge in [-0.3, -0.25) is 0 Å². The van der Waals surface area contributed by atoms with Gasteiger partial charge in [-0.1, -0.05) is 6.92 Å². The molecule has 0 aliphatic carbocycles. The first-order valence-electron chi connectivity index (χ1n) is 3.99. The highest BCUT2D eigenvalue weighted by Crippen LogP contribution is 2.33. The molecular formula is C9H8BrNS2. The molecule has 0 bridgehead atoms. The van der Waals surface area contributed by atoms with Crippen LogP contribution < -0.4 is 0 Å². The molecule has 0 unspecified atom stereocenters. The lowest BCUT2D eigenvalue weighted by atomic mass is 10.4. The summed E-state index contributed by atoms with van der Waals surface area (Å²) >= 11 is 6.90. The number of thiazole rings is 1. The van der Waals surface area contributed by atoms with Crippen molar-refractivity contribution in [3.8, 4) is 9.88 Å². The third-order valence-electron chi connectivity index (χ3n) is 1.70. The van der Waals surface area contributed by atoms with E-state index < -0.39 is 0 Å². The Morgan fingerprint density at radius 1 is 1.46 bits per heavy atom. The summed E-state index contributed by atoms with van der Waals surface area (Å²) in [5.74, 6) is 0. The van der Waals surface area contributed by atoms with Crippen LogP contribution in [0, 0.1) is 0 Å². The molecule has 0 aliphatic rings. The van der Waals surface area contributed by atoms with Crippen LogP contribution in [-0.2, 0) is 6.42 Å². The van der Waals surface area contributed by atoms with E-state index in [1.54, 1.807) is 22.7 Å². The normalized spacial score (nSPS) is 10.6. The monoisotopic (exact) mass is 273 g/mol. The average molecular weight is 274 g/mol. The molecular weight excluding hydrogens is 266 g/mol. The van der Waals surface area contributed by atoms with E-state index in [1.165, 1.54) is 10.6 Å². The van der Waals surface area contributed by atoms with E-state index in [4.69, 9.17) is 0 Å². The zero-order valence-electron chi connectivity index (χ0n) is 7.08. The molecule has 2 rings (SSSR count). The first-order chi connectivity index (χ1) is 6.29. The van der Waals surface area contributed by atoms with Crippen LogP contribution in [0.2, 0.25) is 0 Å². The molecule has 0 radical (unpaired) electrons. The zero-order chi connectivity index (χ0) is 9.26. The second kappa shape index (κ2) is 3.90. The predicted octanol–water partition coefficient (Wildman–Crippen LogP) is 4.20. The lowest BCUT2D eigenvalue weighted by Crippen LogP contribution is -1.77. The molecule has 0 fully saturated rings. The van der Waals surface area contributed by atoms with Gasteiger partial charge in [0.25, 0.3) is 0 Å². The Bertz CT molecular complexity index is 405. The Labute approximate surface area is 93.6 Å². The molecule has 0 aromatic carbocycles. The first-order valence-corrected chi connectivity index (χ1v) is 6.48. The molecule has 13 heavy (non-hydrogen) atoms. The molecule has 0 saturated heterocycles. The lowest BCUT2D eigenvalue weighted by Gasteiger charge is -1.86. The van der Waals surface area contributed by atoms with Gasteiger partial charge in [0.15, 0.2) is 0 Å². The van der Waals surface area contributed by atoms with Gasteiger partial charge >= 0.3 is 0 Å². The van der Waals surface area contributed by atoms with Crippen molar-refractivity contribution in [2.45, 2.75) is 13.3 Å². The SMILES string of the molecule is CCc1csc(-c2ccc(Br)s2)n1. The van der Waals surface area contributed by atoms with Crippen LogP contribution in [0.3, 0.4) is 0 Å². The number of nitrogens with zero attached hydrogens (tertiary/aromatic N) is 1. The maximum atomic E-state index is 4.52. The van der Waals surface area contributed by atoms with E-state index in [1.807, 2.05) is 0 Å². The van der Waals surface area contributed by atoms with E-state index in [9.17, 15) is 0 Å². The zero-order valence-corrected chi connectivity index (χ0v) is 10.3. The summed E-state index contributed by atoms with van der Waals surface area (Å²) in [6.45, 7) is 2.13. The number of aryl methyl sites for hydroxylation is 1. The fraction of sp³-hybridized carbons (Fsp3) is 0.222. The third-order valence-corrected chi connectivity index (χ3v) is 4.38. The third kappa shape index (κ3) is 2.00. The quantitative estimate of drug-likeness (QED) is 0.800. The molecule has 2 heterocycles. The summed E-state index contributed by atoms with van der Waals surface area (Å²) in [5.41, 5.74) is 1.18. The largest absolute Gasteiger partial charge is 0.240 e. The molecule has 0 aliphatic heterocycles. The molecule has 0 amide bonds. The van der Waals surface area contributed by atoms with E-state index >= 15 is 0 Å². The Morgan fingerprint density at radius 2 is 2.31 bits per heavy atom. The minimum atomic E-state index is 1.02. The number of rotatable bonds is 2. The van der Waals surface area contributed by atoms with Crippen LogP contribution in [0.15, 0.2) is 21.3 Å². The van der Waals surface area contributed by atoms with Gasteiger partial charge in [0.1, 0.15) is 5.01 Å². The molecule has 0 spiro atoms. The van der Waals surface area contributed by atoms with Gasteiger partial charge in [0.05, 0.1) is 14.4 Å². The first kappa shape index (κ1) is 9.37. The molecule has 2 aromatic heterocycles. The Hall–Kier alpha value is -0.190. The van der Waals surface area contributed by atoms with Crippen molar-refractivity contribution in [3.63, 3.8) is 0 Å². The number of hydrogen-bond acceptors (Lipinski definition) is 3. The van der Waals surface area contributed by atoms with Crippen LogP contribution in [0.1, 0.15) is 12.6 Å². The summed E-state index contributed by atoms with van der Waals surface area (Å²) in [4.78, 5) is 5.77. The Balaban J connectivity index is 2.35. The van der Waals surface area contributed by atoms with Gasteiger partial charge in [-0.2, -0.15) is 0 Å². The van der Waals surface area contributed by atoms with Gasteiger partial charge in [0, 0.05) is 5.38 Å². The minimum Gasteiger partial charge on any atom is -0.240 e. The molecule has 68 valence electrons. The van der Waals surface area contributed by atoms with Crippen LogP contribution in [-0.4, -0.2) is 4.98 Å². The van der Waals surface area contributed by atoms with Crippen molar-refractivity contribution in [2.75, 3.05) is 0 Å². The van der Waals surface area contributed by atoms with Crippen molar-refractivity contribution in [2.24, 2.45) is 0 Å². The van der Waals surface area contributed by atoms with E-state index in [0.29, 0.717) is 0 Å². The molecule has 0 N–H and O–H groups in total. The highest BCUT2D eigenvalue weighted by molar-refractivity contribution is 9.11. The minimum absolute atomic E-state index is 1.02. The summed E-state index contributed by atoms with van der Waals surface area (Å²) in [6.07, 6.45) is 1.02. The fourth-order valence-corrected chi connectivity index (χ4v) is 3.37. The van der Waals surface area contributed by atoms with Gasteiger partial charge in [-0.15, -0.1) is 22.7 Å². The van der Waals surface area contributed by atoms with E-state index in [2.05, 4.69) is 45.4 Å². The standard InChI is InChI=1S/C9H8BrNS2/c1-2-6-5-12-9(11-6)7-3-4-8(10)13-7/h3-5H,2H2,1H3. The number of hydrogen-bond donors (Lipinski definition) is 0. The fourth-order valence-electron chi connectivity index (χ4n) is 1.01. The lowest BCUT2D eigenvalue weighted by molar-refractivity contribution is 1.07. The van der Waals surface area contributed by atoms with E-state index in [-0.39, 0.29) is 0 Å². The second-order valence-corrected chi connectivity index (χ2v) is 5.92. The molecule has 4 heteroatoms. The number of thiophene rings is 1. The smallest absolute Gasteiger partial charge is 0.133 e. The van der Waals surface area contributed by atoms with Crippen LogP contribution in [0.4, 0.5) is 0 Å². The topological polar surface area (TPSA) is 12.9 Å². The molecule has 2 aromatic rings. The highest BCUT2D eigenvalue weighted by Gasteiger charge is 2.05. The maximum absolute atomic E-state index is 4.52. The van der Waals surface area contributed by atoms with Crippen molar-refractivity contribution in [3.05, 3.63) is 27.0 Å². The Kier molecular flexibility index (Phi) is 2.81. The van der Waals surface area contributed by atoms with Gasteiger partial charge in [0.2, 0.25) is 0 Å². The predicted molar refractivity (Wildman–Crippen MR) is 62.5 cm³/mol. The van der Waals surface area contributed by atoms with Crippen LogP contribution in [0.25, 0.3) is 9.88 Å².